The molecule has 2 aliphatic rings. The first-order valence-corrected chi connectivity index (χ1v) is 8.54. The van der Waals surface area contributed by atoms with Crippen molar-refractivity contribution in [2.75, 3.05) is 18.5 Å². The van der Waals surface area contributed by atoms with E-state index in [0.717, 1.165) is 25.0 Å². The molecule has 0 saturated heterocycles. The Morgan fingerprint density at radius 2 is 2.00 bits per heavy atom. The fraction of sp³-hybridized carbons (Fsp3) is 0.800. The summed E-state index contributed by atoms with van der Waals surface area (Å²) in [6, 6.07) is 0.727. The number of nitrogens with one attached hydrogen (secondary N) is 1. The van der Waals surface area contributed by atoms with Crippen LogP contribution in [-0.2, 0) is 6.54 Å². The van der Waals surface area contributed by atoms with Crippen molar-refractivity contribution in [1.82, 2.24) is 10.3 Å². The first kappa shape index (κ1) is 13.4. The molecule has 1 aromatic heterocycles. The molecular formula is C15H25N3S. The molecule has 0 amide bonds. The minimum atomic E-state index is 0.727. The van der Waals surface area contributed by atoms with Crippen molar-refractivity contribution in [2.45, 2.75) is 64.0 Å². The zero-order valence-electron chi connectivity index (χ0n) is 12.1. The van der Waals surface area contributed by atoms with Crippen LogP contribution in [0.1, 0.15) is 61.9 Å². The molecule has 0 atom stereocenters. The molecule has 2 fully saturated rings. The third-order valence-corrected chi connectivity index (χ3v) is 5.55. The van der Waals surface area contributed by atoms with E-state index >= 15 is 0 Å². The average molecular weight is 279 g/mol. The molecule has 1 aromatic rings. The van der Waals surface area contributed by atoms with E-state index < -0.39 is 0 Å². The zero-order valence-corrected chi connectivity index (χ0v) is 12.9. The van der Waals surface area contributed by atoms with E-state index in [1.165, 1.54) is 54.2 Å². The molecule has 1 N–H and O–H groups in total. The molecule has 0 unspecified atom stereocenters. The molecule has 0 aliphatic heterocycles. The van der Waals surface area contributed by atoms with E-state index in [4.69, 9.17) is 4.98 Å². The third kappa shape index (κ3) is 2.95. The Balaban J connectivity index is 1.76. The van der Waals surface area contributed by atoms with Gasteiger partial charge < -0.3 is 10.2 Å². The number of nitrogens with zero attached hydrogens (tertiary/aromatic N) is 2. The van der Waals surface area contributed by atoms with Gasteiger partial charge in [-0.15, -0.1) is 11.3 Å². The van der Waals surface area contributed by atoms with Crippen LogP contribution in [0.3, 0.4) is 0 Å². The summed E-state index contributed by atoms with van der Waals surface area (Å²) in [6.45, 7) is 4.21. The highest BCUT2D eigenvalue weighted by atomic mass is 32.1. The molecule has 4 heteroatoms. The largest absolute Gasteiger partial charge is 0.348 e. The monoisotopic (exact) mass is 279 g/mol. The van der Waals surface area contributed by atoms with E-state index in [1.54, 1.807) is 0 Å². The number of hydrogen-bond donors (Lipinski definition) is 1. The standard InChI is InChI=1S/C15H25N3S/c1-3-16-10-13-14(11-8-9-11)17-15(19-13)18(2)12-6-4-5-7-12/h11-12,16H,3-10H2,1-2H3. The lowest BCUT2D eigenvalue weighted by molar-refractivity contribution is 0.650. The summed E-state index contributed by atoms with van der Waals surface area (Å²) in [5, 5.41) is 4.71. The highest BCUT2D eigenvalue weighted by Crippen LogP contribution is 2.44. The maximum Gasteiger partial charge on any atom is 0.185 e. The van der Waals surface area contributed by atoms with Gasteiger partial charge in [0.25, 0.3) is 0 Å². The summed E-state index contributed by atoms with van der Waals surface area (Å²) >= 11 is 1.92. The van der Waals surface area contributed by atoms with E-state index in [2.05, 4.69) is 24.2 Å². The number of aromatic nitrogens is 1. The van der Waals surface area contributed by atoms with Crippen LogP contribution in [0.5, 0.6) is 0 Å². The van der Waals surface area contributed by atoms with Crippen LogP contribution in [0.15, 0.2) is 0 Å². The second-order valence-electron chi connectivity index (χ2n) is 5.91. The van der Waals surface area contributed by atoms with Gasteiger partial charge in [0, 0.05) is 30.4 Å². The van der Waals surface area contributed by atoms with Gasteiger partial charge in [-0.3, -0.25) is 0 Å². The van der Waals surface area contributed by atoms with Gasteiger partial charge in [-0.25, -0.2) is 4.98 Å². The Bertz CT molecular complexity index is 419. The van der Waals surface area contributed by atoms with E-state index in [9.17, 15) is 0 Å². The van der Waals surface area contributed by atoms with Gasteiger partial charge >= 0.3 is 0 Å². The van der Waals surface area contributed by atoms with Crippen LogP contribution in [0.25, 0.3) is 0 Å². The summed E-state index contributed by atoms with van der Waals surface area (Å²) in [5.41, 5.74) is 1.39. The van der Waals surface area contributed by atoms with Crippen LogP contribution in [0.2, 0.25) is 0 Å². The van der Waals surface area contributed by atoms with Crippen LogP contribution in [-0.4, -0.2) is 24.6 Å². The van der Waals surface area contributed by atoms with Crippen molar-refractivity contribution >= 4 is 16.5 Å². The Kier molecular flexibility index (Phi) is 4.08. The minimum Gasteiger partial charge on any atom is -0.348 e. The number of hydrogen-bond acceptors (Lipinski definition) is 4. The summed E-state index contributed by atoms with van der Waals surface area (Å²) in [4.78, 5) is 8.89. The second-order valence-corrected chi connectivity index (χ2v) is 6.97. The third-order valence-electron chi connectivity index (χ3n) is 4.39. The van der Waals surface area contributed by atoms with E-state index in [-0.39, 0.29) is 0 Å². The average Bonchev–Trinajstić information content (AvgIpc) is 2.96. The normalized spacial score (nSPS) is 20.1. The van der Waals surface area contributed by atoms with Crippen molar-refractivity contribution < 1.29 is 0 Å². The van der Waals surface area contributed by atoms with Crippen molar-refractivity contribution in [1.29, 1.82) is 0 Å². The minimum absolute atomic E-state index is 0.727. The van der Waals surface area contributed by atoms with Crippen LogP contribution < -0.4 is 10.2 Å². The SMILES string of the molecule is CCNCc1sc(N(C)C2CCCC2)nc1C1CC1. The number of thiazole rings is 1. The van der Waals surface area contributed by atoms with Crippen LogP contribution in [0, 0.1) is 0 Å². The summed E-state index contributed by atoms with van der Waals surface area (Å²) in [5.74, 6) is 0.760. The molecule has 0 bridgehead atoms. The lowest BCUT2D eigenvalue weighted by atomic mass is 10.2. The van der Waals surface area contributed by atoms with Gasteiger partial charge in [-0.2, -0.15) is 0 Å². The van der Waals surface area contributed by atoms with Gasteiger partial charge in [-0.1, -0.05) is 19.8 Å². The lowest BCUT2D eigenvalue weighted by Crippen LogP contribution is -2.28. The molecule has 0 aromatic carbocycles. The molecule has 0 spiro atoms. The smallest absolute Gasteiger partial charge is 0.185 e. The first-order chi connectivity index (χ1) is 9.29. The Morgan fingerprint density at radius 3 is 2.63 bits per heavy atom. The van der Waals surface area contributed by atoms with E-state index in [0.29, 0.717) is 0 Å². The lowest BCUT2D eigenvalue weighted by Gasteiger charge is -2.23. The molecule has 2 aliphatic carbocycles. The Morgan fingerprint density at radius 1 is 1.26 bits per heavy atom. The fourth-order valence-corrected chi connectivity index (χ4v) is 4.14. The molecule has 2 saturated carbocycles. The fourth-order valence-electron chi connectivity index (χ4n) is 2.99. The van der Waals surface area contributed by atoms with Gasteiger partial charge in [0.2, 0.25) is 0 Å². The molecule has 1 heterocycles. The highest BCUT2D eigenvalue weighted by molar-refractivity contribution is 7.15. The van der Waals surface area contributed by atoms with Gasteiger partial charge in [-0.05, 0) is 32.2 Å². The predicted molar refractivity (Wildman–Crippen MR) is 82.1 cm³/mol. The van der Waals surface area contributed by atoms with Crippen molar-refractivity contribution in [2.24, 2.45) is 0 Å². The first-order valence-electron chi connectivity index (χ1n) is 7.72. The maximum absolute atomic E-state index is 4.97. The zero-order chi connectivity index (χ0) is 13.2. The van der Waals surface area contributed by atoms with Crippen molar-refractivity contribution in [3.05, 3.63) is 10.6 Å². The molecular weight excluding hydrogens is 254 g/mol. The van der Waals surface area contributed by atoms with Gasteiger partial charge in [0.05, 0.1) is 5.69 Å². The molecule has 106 valence electrons. The maximum atomic E-state index is 4.97. The topological polar surface area (TPSA) is 28.2 Å². The van der Waals surface area contributed by atoms with Crippen molar-refractivity contribution in [3.8, 4) is 0 Å². The quantitative estimate of drug-likeness (QED) is 0.863. The van der Waals surface area contributed by atoms with E-state index in [1.807, 2.05) is 11.3 Å². The predicted octanol–water partition coefficient (Wildman–Crippen LogP) is 3.51. The Labute approximate surface area is 120 Å². The highest BCUT2D eigenvalue weighted by Gasteiger charge is 2.31. The summed E-state index contributed by atoms with van der Waals surface area (Å²) in [7, 11) is 2.24. The van der Waals surface area contributed by atoms with Crippen LogP contribution >= 0.6 is 11.3 Å². The van der Waals surface area contributed by atoms with Gasteiger partial charge in [0.1, 0.15) is 0 Å². The molecule has 3 rings (SSSR count). The van der Waals surface area contributed by atoms with Crippen molar-refractivity contribution in [3.63, 3.8) is 0 Å². The number of anilines is 1. The molecule has 19 heavy (non-hydrogen) atoms. The summed E-state index contributed by atoms with van der Waals surface area (Å²) < 4.78 is 0. The summed E-state index contributed by atoms with van der Waals surface area (Å²) in [6.07, 6.45) is 8.15. The number of rotatable bonds is 6. The van der Waals surface area contributed by atoms with Gasteiger partial charge in [0.15, 0.2) is 5.13 Å². The van der Waals surface area contributed by atoms with Crippen LogP contribution in [0.4, 0.5) is 5.13 Å². The Hall–Kier alpha value is -0.610. The molecule has 3 nitrogen and oxygen atoms in total. The second kappa shape index (κ2) is 5.80. The molecule has 0 radical (unpaired) electrons.